The molecule has 1 aromatic rings. The van der Waals surface area contributed by atoms with Crippen molar-refractivity contribution < 1.29 is 0 Å². The van der Waals surface area contributed by atoms with Crippen molar-refractivity contribution in [2.24, 2.45) is 0 Å². The second kappa shape index (κ2) is 6.20. The summed E-state index contributed by atoms with van der Waals surface area (Å²) in [7, 11) is 0. The van der Waals surface area contributed by atoms with E-state index in [-0.39, 0.29) is 5.54 Å². The van der Waals surface area contributed by atoms with Gasteiger partial charge in [-0.1, -0.05) is 6.42 Å². The van der Waals surface area contributed by atoms with Crippen LogP contribution >= 0.6 is 0 Å². The average Bonchev–Trinajstić information content (AvgIpc) is 2.49. The van der Waals surface area contributed by atoms with Crippen molar-refractivity contribution in [3.8, 4) is 0 Å². The van der Waals surface area contributed by atoms with Crippen molar-refractivity contribution in [2.45, 2.75) is 66.0 Å². The fraction of sp³-hybridized carbons (Fsp3) is 0.786. The lowest BCUT2D eigenvalue weighted by Gasteiger charge is -2.20. The number of aryl methyl sites for hydroxylation is 3. The van der Waals surface area contributed by atoms with Crippen LogP contribution in [0.4, 0.5) is 0 Å². The second-order valence-electron chi connectivity index (χ2n) is 5.89. The second-order valence-corrected chi connectivity index (χ2v) is 5.89. The summed E-state index contributed by atoms with van der Waals surface area (Å²) in [6.07, 6.45) is 3.73. The maximum absolute atomic E-state index is 4.47. The molecule has 0 saturated heterocycles. The summed E-state index contributed by atoms with van der Waals surface area (Å²) in [6.45, 7) is 13.0. The van der Waals surface area contributed by atoms with Crippen LogP contribution in [0.1, 0.15) is 51.4 Å². The molecule has 3 heteroatoms. The zero-order valence-electron chi connectivity index (χ0n) is 12.0. The Morgan fingerprint density at radius 2 is 1.88 bits per heavy atom. The van der Waals surface area contributed by atoms with Crippen LogP contribution in [0.15, 0.2) is 6.07 Å². The van der Waals surface area contributed by atoms with Crippen LogP contribution in [0.2, 0.25) is 0 Å². The number of rotatable bonds is 6. The Kier molecular flexibility index (Phi) is 5.19. The van der Waals surface area contributed by atoms with E-state index >= 15 is 0 Å². The van der Waals surface area contributed by atoms with Gasteiger partial charge in [-0.25, -0.2) is 0 Å². The molecule has 0 amide bonds. The Labute approximate surface area is 106 Å². The van der Waals surface area contributed by atoms with Gasteiger partial charge < -0.3 is 5.32 Å². The fourth-order valence-corrected chi connectivity index (χ4v) is 1.93. The van der Waals surface area contributed by atoms with Crippen LogP contribution in [0.5, 0.6) is 0 Å². The molecule has 0 aromatic carbocycles. The first-order valence-corrected chi connectivity index (χ1v) is 6.64. The van der Waals surface area contributed by atoms with Gasteiger partial charge in [0.05, 0.1) is 5.69 Å². The maximum Gasteiger partial charge on any atom is 0.0596 e. The van der Waals surface area contributed by atoms with E-state index in [1.54, 1.807) is 0 Å². The summed E-state index contributed by atoms with van der Waals surface area (Å²) in [4.78, 5) is 0. The standard InChI is InChI=1S/C14H27N3/c1-12-11-13(2)17(16-12)10-8-6-7-9-15-14(3,4)5/h11,15H,6-10H2,1-5H3. The van der Waals surface area contributed by atoms with Crippen LogP contribution in [-0.2, 0) is 6.54 Å². The minimum Gasteiger partial charge on any atom is -0.312 e. The summed E-state index contributed by atoms with van der Waals surface area (Å²) in [6, 6.07) is 2.14. The zero-order valence-corrected chi connectivity index (χ0v) is 12.0. The zero-order chi connectivity index (χ0) is 12.9. The molecule has 0 spiro atoms. The van der Waals surface area contributed by atoms with Gasteiger partial charge in [-0.3, -0.25) is 4.68 Å². The molecular formula is C14H27N3. The molecule has 0 saturated carbocycles. The minimum absolute atomic E-state index is 0.246. The Morgan fingerprint density at radius 1 is 1.18 bits per heavy atom. The maximum atomic E-state index is 4.47. The highest BCUT2D eigenvalue weighted by Crippen LogP contribution is 2.05. The van der Waals surface area contributed by atoms with Crippen LogP contribution < -0.4 is 5.32 Å². The molecule has 0 aliphatic carbocycles. The summed E-state index contributed by atoms with van der Waals surface area (Å²) in [5, 5.41) is 7.98. The van der Waals surface area contributed by atoms with Crippen LogP contribution in [-0.4, -0.2) is 21.9 Å². The summed E-state index contributed by atoms with van der Waals surface area (Å²) >= 11 is 0. The van der Waals surface area contributed by atoms with Crippen LogP contribution in [0.25, 0.3) is 0 Å². The third-order valence-corrected chi connectivity index (χ3v) is 2.81. The lowest BCUT2D eigenvalue weighted by Crippen LogP contribution is -2.36. The molecule has 0 fully saturated rings. The van der Waals surface area contributed by atoms with E-state index in [1.165, 1.54) is 25.0 Å². The van der Waals surface area contributed by atoms with Gasteiger partial charge in [-0.05, 0) is 60.1 Å². The molecular weight excluding hydrogens is 210 g/mol. The minimum atomic E-state index is 0.246. The molecule has 17 heavy (non-hydrogen) atoms. The highest BCUT2D eigenvalue weighted by Gasteiger charge is 2.07. The first-order valence-electron chi connectivity index (χ1n) is 6.64. The normalized spacial score (nSPS) is 12.1. The van der Waals surface area contributed by atoms with Crippen LogP contribution in [0.3, 0.4) is 0 Å². The van der Waals surface area contributed by atoms with Gasteiger partial charge in [0.1, 0.15) is 0 Å². The average molecular weight is 237 g/mol. The number of unbranched alkanes of at least 4 members (excludes halogenated alkanes) is 2. The van der Waals surface area contributed by atoms with E-state index in [0.717, 1.165) is 18.8 Å². The third-order valence-electron chi connectivity index (χ3n) is 2.81. The van der Waals surface area contributed by atoms with Gasteiger partial charge in [-0.2, -0.15) is 5.10 Å². The lowest BCUT2D eigenvalue weighted by molar-refractivity contribution is 0.412. The molecule has 1 rings (SSSR count). The summed E-state index contributed by atoms with van der Waals surface area (Å²) in [5.41, 5.74) is 2.64. The molecule has 1 aromatic heterocycles. The van der Waals surface area contributed by atoms with Crippen molar-refractivity contribution >= 4 is 0 Å². The van der Waals surface area contributed by atoms with Gasteiger partial charge in [-0.15, -0.1) is 0 Å². The number of hydrogen-bond acceptors (Lipinski definition) is 2. The largest absolute Gasteiger partial charge is 0.312 e. The molecule has 0 radical (unpaired) electrons. The van der Waals surface area contributed by atoms with Crippen molar-refractivity contribution in [3.05, 3.63) is 17.5 Å². The van der Waals surface area contributed by atoms with Crippen molar-refractivity contribution in [1.82, 2.24) is 15.1 Å². The van der Waals surface area contributed by atoms with Gasteiger partial charge in [0.15, 0.2) is 0 Å². The van der Waals surface area contributed by atoms with E-state index in [4.69, 9.17) is 0 Å². The number of hydrogen-bond donors (Lipinski definition) is 1. The number of nitrogens with one attached hydrogen (secondary N) is 1. The first-order chi connectivity index (χ1) is 7.88. The van der Waals surface area contributed by atoms with E-state index in [0.29, 0.717) is 0 Å². The summed E-state index contributed by atoms with van der Waals surface area (Å²) in [5.74, 6) is 0. The Balaban J connectivity index is 2.11. The topological polar surface area (TPSA) is 29.9 Å². The van der Waals surface area contributed by atoms with E-state index in [1.807, 2.05) is 0 Å². The molecule has 0 aliphatic heterocycles. The lowest BCUT2D eigenvalue weighted by atomic mass is 10.1. The highest BCUT2D eigenvalue weighted by molar-refractivity contribution is 5.06. The SMILES string of the molecule is Cc1cc(C)n(CCCCCNC(C)(C)C)n1. The quantitative estimate of drug-likeness (QED) is 0.771. The monoisotopic (exact) mass is 237 g/mol. The molecule has 0 atom stereocenters. The first kappa shape index (κ1) is 14.2. The number of nitrogens with zero attached hydrogens (tertiary/aromatic N) is 2. The van der Waals surface area contributed by atoms with Crippen LogP contribution in [0, 0.1) is 13.8 Å². The summed E-state index contributed by atoms with van der Waals surface area (Å²) < 4.78 is 2.12. The predicted molar refractivity (Wildman–Crippen MR) is 73.3 cm³/mol. The molecule has 0 aliphatic rings. The Bertz CT molecular complexity index is 334. The van der Waals surface area contributed by atoms with Crippen molar-refractivity contribution in [1.29, 1.82) is 0 Å². The van der Waals surface area contributed by atoms with Crippen molar-refractivity contribution in [2.75, 3.05) is 6.54 Å². The van der Waals surface area contributed by atoms with Crippen molar-refractivity contribution in [3.63, 3.8) is 0 Å². The van der Waals surface area contributed by atoms with E-state index < -0.39 is 0 Å². The molecule has 98 valence electrons. The third kappa shape index (κ3) is 5.87. The van der Waals surface area contributed by atoms with Gasteiger partial charge in [0.25, 0.3) is 0 Å². The predicted octanol–water partition coefficient (Wildman–Crippen LogP) is 3.06. The van der Waals surface area contributed by atoms with Gasteiger partial charge in [0.2, 0.25) is 0 Å². The Hall–Kier alpha value is -0.830. The molecule has 1 N–H and O–H groups in total. The van der Waals surface area contributed by atoms with Gasteiger partial charge >= 0.3 is 0 Å². The fourth-order valence-electron chi connectivity index (χ4n) is 1.93. The smallest absolute Gasteiger partial charge is 0.0596 e. The molecule has 0 unspecified atom stereocenters. The van der Waals surface area contributed by atoms with E-state index in [9.17, 15) is 0 Å². The highest BCUT2D eigenvalue weighted by atomic mass is 15.3. The van der Waals surface area contributed by atoms with Gasteiger partial charge in [0, 0.05) is 17.8 Å². The molecule has 1 heterocycles. The number of aromatic nitrogens is 2. The van der Waals surface area contributed by atoms with E-state index in [2.05, 4.69) is 55.8 Å². The Morgan fingerprint density at radius 3 is 2.41 bits per heavy atom. The molecule has 0 bridgehead atoms. The molecule has 3 nitrogen and oxygen atoms in total.